The van der Waals surface area contributed by atoms with Gasteiger partial charge in [-0.2, -0.15) is 0 Å². The number of rotatable bonds is 5. The molecule has 0 fully saturated rings. The van der Waals surface area contributed by atoms with Crippen LogP contribution < -0.4 is 0 Å². The lowest BCUT2D eigenvalue weighted by atomic mass is 10.2. The van der Waals surface area contributed by atoms with Crippen LogP contribution in [0.4, 0.5) is 0 Å². The molecule has 16 heavy (non-hydrogen) atoms. The molecule has 0 radical (unpaired) electrons. The predicted octanol–water partition coefficient (Wildman–Crippen LogP) is 0.0837. The van der Waals surface area contributed by atoms with E-state index in [1.165, 1.54) is 7.11 Å². The second-order valence-electron chi connectivity index (χ2n) is 3.55. The molecular formula is C10H16N4O2. The van der Waals surface area contributed by atoms with Gasteiger partial charge in [-0.15, -0.1) is 0 Å². The summed E-state index contributed by atoms with van der Waals surface area (Å²) in [7, 11) is 5.04. The van der Waals surface area contributed by atoms with E-state index >= 15 is 0 Å². The minimum Gasteiger partial charge on any atom is -0.467 e. The first kappa shape index (κ1) is 12.2. The average molecular weight is 224 g/mol. The summed E-state index contributed by atoms with van der Waals surface area (Å²) in [6, 6.07) is -0.534. The predicted molar refractivity (Wildman–Crippen MR) is 60.3 cm³/mol. The lowest BCUT2D eigenvalue weighted by molar-refractivity contribution is -0.142. The second kappa shape index (κ2) is 5.89. The van der Waals surface area contributed by atoms with Gasteiger partial charge in [0, 0.05) is 32.4 Å². The number of nitrogens with one attached hydrogen (secondary N) is 1. The number of nitrogens with zero attached hydrogens (tertiary/aromatic N) is 3. The highest BCUT2D eigenvalue weighted by Gasteiger charge is 2.18. The van der Waals surface area contributed by atoms with E-state index in [-0.39, 0.29) is 5.97 Å². The van der Waals surface area contributed by atoms with Gasteiger partial charge in [0.2, 0.25) is 0 Å². The van der Waals surface area contributed by atoms with Gasteiger partial charge in [0.05, 0.1) is 19.8 Å². The topological polar surface area (TPSA) is 70.6 Å². The number of carbonyl (C=O) groups excluding carboxylic acids is 1. The Morgan fingerprint density at radius 1 is 1.75 bits per heavy atom. The van der Waals surface area contributed by atoms with Gasteiger partial charge < -0.3 is 14.6 Å². The van der Waals surface area contributed by atoms with Crippen molar-refractivity contribution in [1.29, 1.82) is 0 Å². The molecule has 0 amide bonds. The zero-order valence-corrected chi connectivity index (χ0v) is 9.67. The van der Waals surface area contributed by atoms with Crippen LogP contribution >= 0.6 is 0 Å². The van der Waals surface area contributed by atoms with Crippen LogP contribution in [0.2, 0.25) is 0 Å². The zero-order valence-electron chi connectivity index (χ0n) is 9.67. The van der Waals surface area contributed by atoms with Crippen molar-refractivity contribution in [3.05, 3.63) is 18.2 Å². The number of methoxy groups -OCH3 is 1. The highest BCUT2D eigenvalue weighted by atomic mass is 16.5. The van der Waals surface area contributed by atoms with Crippen LogP contribution in [-0.2, 0) is 16.0 Å². The monoisotopic (exact) mass is 224 g/mol. The maximum atomic E-state index is 11.5. The third-order valence-electron chi connectivity index (χ3n) is 1.92. The number of hydrogen-bond donors (Lipinski definition) is 1. The first-order chi connectivity index (χ1) is 7.63. The van der Waals surface area contributed by atoms with E-state index in [2.05, 4.69) is 19.7 Å². The number of aromatic amines is 1. The molecule has 1 N–H and O–H groups in total. The van der Waals surface area contributed by atoms with Gasteiger partial charge >= 0.3 is 5.97 Å². The molecule has 0 aliphatic rings. The van der Waals surface area contributed by atoms with E-state index in [1.54, 1.807) is 23.8 Å². The standard InChI is InChI=1S/C10H16N4O2/c1-14(2)7-13-9(10(15)16-3)4-8-5-11-6-12-8/h5-7,9H,4H2,1-3H3,(H,11,12). The van der Waals surface area contributed by atoms with Gasteiger partial charge in [-0.1, -0.05) is 0 Å². The van der Waals surface area contributed by atoms with Crippen molar-refractivity contribution in [2.45, 2.75) is 12.5 Å². The van der Waals surface area contributed by atoms with Gasteiger partial charge in [0.1, 0.15) is 0 Å². The first-order valence-electron chi connectivity index (χ1n) is 4.88. The SMILES string of the molecule is COC(=O)C(Cc1cnc[nH]1)N=CN(C)C. The molecule has 6 heteroatoms. The fraction of sp³-hybridized carbons (Fsp3) is 0.500. The van der Waals surface area contributed by atoms with Crippen LogP contribution in [0.25, 0.3) is 0 Å². The quantitative estimate of drug-likeness (QED) is 0.437. The fourth-order valence-electron chi connectivity index (χ4n) is 1.15. The number of aliphatic imine (C=N–C) groups is 1. The molecule has 1 rings (SSSR count). The number of aromatic nitrogens is 2. The summed E-state index contributed by atoms with van der Waals surface area (Å²) in [5.74, 6) is -0.354. The number of carbonyl (C=O) groups is 1. The average Bonchev–Trinajstić information content (AvgIpc) is 2.75. The van der Waals surface area contributed by atoms with Crippen molar-refractivity contribution in [2.75, 3.05) is 21.2 Å². The molecule has 0 saturated carbocycles. The highest BCUT2D eigenvalue weighted by molar-refractivity contribution is 5.78. The summed E-state index contributed by atoms with van der Waals surface area (Å²) < 4.78 is 4.69. The Balaban J connectivity index is 2.68. The van der Waals surface area contributed by atoms with Gasteiger partial charge in [0.25, 0.3) is 0 Å². The third-order valence-corrected chi connectivity index (χ3v) is 1.92. The van der Waals surface area contributed by atoms with E-state index in [4.69, 9.17) is 0 Å². The minimum atomic E-state index is -0.534. The molecule has 0 aromatic carbocycles. The van der Waals surface area contributed by atoms with Crippen molar-refractivity contribution in [3.63, 3.8) is 0 Å². The molecule has 0 saturated heterocycles. The molecule has 1 unspecified atom stereocenters. The Kier molecular flexibility index (Phi) is 4.50. The Morgan fingerprint density at radius 2 is 2.50 bits per heavy atom. The number of imidazole rings is 1. The van der Waals surface area contributed by atoms with Gasteiger partial charge in [0.15, 0.2) is 6.04 Å². The molecule has 0 aliphatic heterocycles. The summed E-state index contributed by atoms with van der Waals surface area (Å²) in [4.78, 5) is 24.2. The second-order valence-corrected chi connectivity index (χ2v) is 3.55. The summed E-state index contributed by atoms with van der Waals surface area (Å²) in [5, 5.41) is 0. The normalized spacial score (nSPS) is 12.7. The Labute approximate surface area is 94.3 Å². The highest BCUT2D eigenvalue weighted by Crippen LogP contribution is 2.03. The molecule has 1 aromatic heterocycles. The largest absolute Gasteiger partial charge is 0.467 e. The molecule has 0 aliphatic carbocycles. The third kappa shape index (κ3) is 3.72. The van der Waals surface area contributed by atoms with Crippen molar-refractivity contribution in [3.8, 4) is 0 Å². The van der Waals surface area contributed by atoms with Crippen LogP contribution in [-0.4, -0.2) is 54.4 Å². The van der Waals surface area contributed by atoms with Crippen LogP contribution in [0, 0.1) is 0 Å². The summed E-state index contributed by atoms with van der Waals surface area (Å²) in [5.41, 5.74) is 0.853. The summed E-state index contributed by atoms with van der Waals surface area (Å²) in [6.45, 7) is 0. The van der Waals surface area contributed by atoms with Crippen molar-refractivity contribution in [2.24, 2.45) is 4.99 Å². The molecule has 1 atom stereocenters. The van der Waals surface area contributed by atoms with Gasteiger partial charge in [-0.3, -0.25) is 4.99 Å². The Morgan fingerprint density at radius 3 is 3.00 bits per heavy atom. The smallest absolute Gasteiger partial charge is 0.331 e. The number of H-pyrrole nitrogens is 1. The lowest BCUT2D eigenvalue weighted by Gasteiger charge is -2.10. The molecule has 88 valence electrons. The number of esters is 1. The molecule has 0 spiro atoms. The zero-order chi connectivity index (χ0) is 12.0. The van der Waals surface area contributed by atoms with E-state index in [9.17, 15) is 4.79 Å². The minimum absolute atomic E-state index is 0.354. The molecule has 1 aromatic rings. The van der Waals surface area contributed by atoms with Crippen LogP contribution in [0.5, 0.6) is 0 Å². The lowest BCUT2D eigenvalue weighted by Crippen LogP contribution is -2.24. The maximum absolute atomic E-state index is 11.5. The Bertz CT molecular complexity index is 346. The molecular weight excluding hydrogens is 208 g/mol. The van der Waals surface area contributed by atoms with Crippen LogP contribution in [0.3, 0.4) is 0 Å². The number of hydrogen-bond acceptors (Lipinski definition) is 4. The van der Waals surface area contributed by atoms with Gasteiger partial charge in [-0.05, 0) is 0 Å². The van der Waals surface area contributed by atoms with E-state index < -0.39 is 6.04 Å². The van der Waals surface area contributed by atoms with Crippen molar-refractivity contribution >= 4 is 12.3 Å². The maximum Gasteiger partial charge on any atom is 0.331 e. The van der Waals surface area contributed by atoms with E-state index in [0.29, 0.717) is 6.42 Å². The number of ether oxygens (including phenoxy) is 1. The Hall–Kier alpha value is -1.85. The van der Waals surface area contributed by atoms with Crippen molar-refractivity contribution < 1.29 is 9.53 Å². The molecule has 0 bridgehead atoms. The molecule has 1 heterocycles. The van der Waals surface area contributed by atoms with Gasteiger partial charge in [-0.25, -0.2) is 9.78 Å². The summed E-state index contributed by atoms with van der Waals surface area (Å²) >= 11 is 0. The van der Waals surface area contributed by atoms with E-state index in [0.717, 1.165) is 5.69 Å². The fourth-order valence-corrected chi connectivity index (χ4v) is 1.15. The summed E-state index contributed by atoms with van der Waals surface area (Å²) in [6.07, 6.45) is 5.29. The van der Waals surface area contributed by atoms with Crippen LogP contribution in [0.1, 0.15) is 5.69 Å². The van der Waals surface area contributed by atoms with Crippen molar-refractivity contribution in [1.82, 2.24) is 14.9 Å². The first-order valence-corrected chi connectivity index (χ1v) is 4.88. The van der Waals surface area contributed by atoms with Crippen LogP contribution in [0.15, 0.2) is 17.5 Å². The van der Waals surface area contributed by atoms with E-state index in [1.807, 2.05) is 14.1 Å². The molecule has 6 nitrogen and oxygen atoms in total.